The average molecular weight is 395 g/mol. The van der Waals surface area contributed by atoms with Crippen molar-refractivity contribution < 1.29 is 14.3 Å². The minimum absolute atomic E-state index is 0.0105. The average Bonchev–Trinajstić information content (AvgIpc) is 3.17. The van der Waals surface area contributed by atoms with Crippen molar-refractivity contribution in [1.29, 1.82) is 0 Å². The number of carbonyl (C=O) groups excluding carboxylic acids is 2. The van der Waals surface area contributed by atoms with Gasteiger partial charge in [0, 0.05) is 34.2 Å². The van der Waals surface area contributed by atoms with Crippen molar-refractivity contribution in [3.63, 3.8) is 0 Å². The molecule has 5 nitrogen and oxygen atoms in total. The fourth-order valence-electron chi connectivity index (χ4n) is 4.35. The molecule has 1 heterocycles. The highest BCUT2D eigenvalue weighted by Gasteiger charge is 2.50. The van der Waals surface area contributed by atoms with Crippen LogP contribution in [0.25, 0.3) is 11.1 Å². The topological polar surface area (TPSA) is 49.9 Å². The number of carbonyl (C=O) groups is 2. The summed E-state index contributed by atoms with van der Waals surface area (Å²) in [6, 6.07) is 18.4. The normalized spacial score (nSPS) is 18.7. The second-order valence-electron chi connectivity index (χ2n) is 7.82. The van der Waals surface area contributed by atoms with E-state index >= 15 is 0 Å². The molecule has 0 spiro atoms. The van der Waals surface area contributed by atoms with E-state index in [0.29, 0.717) is 32.4 Å². The van der Waals surface area contributed by atoms with Gasteiger partial charge in [-0.2, -0.15) is 0 Å². The van der Waals surface area contributed by atoms with E-state index in [1.807, 2.05) is 30.3 Å². The summed E-state index contributed by atoms with van der Waals surface area (Å²) in [4.78, 5) is 29.8. The second-order valence-corrected chi connectivity index (χ2v) is 7.82. The zero-order chi connectivity index (χ0) is 20.9. The summed E-state index contributed by atoms with van der Waals surface area (Å²) in [6.45, 7) is 0.970. The summed E-state index contributed by atoms with van der Waals surface area (Å²) in [7, 11) is 5.12. The largest absolute Gasteiger partial charge is 0.384 e. The number of likely N-dealkylation sites (tertiary alicyclic amines) is 1. The Kier molecular flexibility index (Phi) is 6.70. The fourth-order valence-corrected chi connectivity index (χ4v) is 4.35. The van der Waals surface area contributed by atoms with E-state index in [1.165, 1.54) is 0 Å². The van der Waals surface area contributed by atoms with Gasteiger partial charge in [-0.3, -0.25) is 9.59 Å². The molecule has 2 aromatic carbocycles. The molecule has 0 aliphatic carbocycles. The van der Waals surface area contributed by atoms with E-state index in [0.717, 1.165) is 23.1 Å². The first-order chi connectivity index (χ1) is 14.0. The number of rotatable bonds is 7. The molecule has 2 aromatic rings. The lowest BCUT2D eigenvalue weighted by Gasteiger charge is -2.39. The van der Waals surface area contributed by atoms with Crippen LogP contribution < -0.4 is 0 Å². The molecule has 1 fully saturated rings. The maximum Gasteiger partial charge on any atom is 0.248 e. The molecule has 2 amide bonds. The van der Waals surface area contributed by atoms with E-state index < -0.39 is 5.54 Å². The molecule has 1 aliphatic heterocycles. The van der Waals surface area contributed by atoms with Gasteiger partial charge in [0.1, 0.15) is 5.54 Å². The Morgan fingerprint density at radius 2 is 1.76 bits per heavy atom. The van der Waals surface area contributed by atoms with E-state index in [-0.39, 0.29) is 11.8 Å². The molecule has 0 saturated carbocycles. The summed E-state index contributed by atoms with van der Waals surface area (Å²) >= 11 is 0. The number of benzene rings is 2. The molecular formula is C24H30N2O3. The van der Waals surface area contributed by atoms with Crippen LogP contribution in [0.3, 0.4) is 0 Å². The highest BCUT2D eigenvalue weighted by Crippen LogP contribution is 2.37. The number of ether oxygens (including phenoxy) is 1. The zero-order valence-electron chi connectivity index (χ0n) is 17.6. The third-order valence-electron chi connectivity index (χ3n) is 5.70. The second kappa shape index (κ2) is 9.23. The minimum Gasteiger partial charge on any atom is -0.384 e. The van der Waals surface area contributed by atoms with E-state index in [9.17, 15) is 9.59 Å². The molecule has 0 N–H and O–H groups in total. The molecule has 1 saturated heterocycles. The van der Waals surface area contributed by atoms with Crippen molar-refractivity contribution in [2.45, 2.75) is 31.2 Å². The number of methoxy groups -OCH3 is 1. The maximum absolute atomic E-state index is 13.4. The van der Waals surface area contributed by atoms with Crippen LogP contribution in [0, 0.1) is 0 Å². The Bertz CT molecular complexity index is 850. The highest BCUT2D eigenvalue weighted by atomic mass is 16.5. The van der Waals surface area contributed by atoms with E-state index in [4.69, 9.17) is 4.74 Å². The molecule has 3 rings (SSSR count). The van der Waals surface area contributed by atoms with Crippen LogP contribution in [0.2, 0.25) is 0 Å². The third kappa shape index (κ3) is 4.35. The minimum atomic E-state index is -0.848. The van der Waals surface area contributed by atoms with E-state index in [1.54, 1.807) is 31.0 Å². The first-order valence-corrected chi connectivity index (χ1v) is 10.1. The molecule has 154 valence electrons. The van der Waals surface area contributed by atoms with Crippen LogP contribution in [0.15, 0.2) is 54.6 Å². The lowest BCUT2D eigenvalue weighted by atomic mass is 9.83. The zero-order valence-corrected chi connectivity index (χ0v) is 17.6. The van der Waals surface area contributed by atoms with Gasteiger partial charge in [-0.05, 0) is 29.5 Å². The quantitative estimate of drug-likeness (QED) is 0.723. The number of nitrogens with zero attached hydrogens (tertiary/aromatic N) is 2. The number of likely N-dealkylation sites (N-methyl/N-ethyl adjacent to an activating group) is 1. The third-order valence-corrected chi connectivity index (χ3v) is 5.70. The van der Waals surface area contributed by atoms with Gasteiger partial charge in [-0.25, -0.2) is 0 Å². The lowest BCUT2D eigenvalue weighted by Crippen LogP contribution is -2.58. The molecule has 1 aliphatic rings. The fraction of sp³-hybridized carbons (Fsp3) is 0.417. The molecule has 1 atom stereocenters. The van der Waals surface area contributed by atoms with Gasteiger partial charge in [0.15, 0.2) is 0 Å². The molecule has 5 heteroatoms. The lowest BCUT2D eigenvalue weighted by molar-refractivity contribution is -0.150. The van der Waals surface area contributed by atoms with Crippen LogP contribution in [0.5, 0.6) is 0 Å². The van der Waals surface area contributed by atoms with Crippen LogP contribution in [-0.4, -0.2) is 61.5 Å². The molecular weight excluding hydrogens is 364 g/mol. The predicted octanol–water partition coefficient (Wildman–Crippen LogP) is 3.38. The van der Waals surface area contributed by atoms with Crippen molar-refractivity contribution in [3.05, 3.63) is 60.2 Å². The number of hydrogen-bond acceptors (Lipinski definition) is 3. The van der Waals surface area contributed by atoms with Crippen LogP contribution in [0.1, 0.15) is 24.8 Å². The molecule has 0 aromatic heterocycles. The van der Waals surface area contributed by atoms with Gasteiger partial charge in [0.25, 0.3) is 0 Å². The SMILES string of the molecule is COCCC(=O)N1CCCC1(Cc1ccccc1-c1ccccc1)C(=O)N(C)C. The smallest absolute Gasteiger partial charge is 0.248 e. The summed E-state index contributed by atoms with van der Waals surface area (Å²) < 4.78 is 5.10. The molecule has 1 unspecified atom stereocenters. The van der Waals surface area contributed by atoms with Gasteiger partial charge < -0.3 is 14.5 Å². The Morgan fingerprint density at radius 1 is 1.07 bits per heavy atom. The maximum atomic E-state index is 13.4. The van der Waals surface area contributed by atoms with Crippen LogP contribution in [-0.2, 0) is 20.7 Å². The van der Waals surface area contributed by atoms with Crippen LogP contribution in [0.4, 0.5) is 0 Å². The number of amides is 2. The monoisotopic (exact) mass is 394 g/mol. The summed E-state index contributed by atoms with van der Waals surface area (Å²) in [6.07, 6.45) is 2.30. The summed E-state index contributed by atoms with van der Waals surface area (Å²) in [5.41, 5.74) is 2.46. The van der Waals surface area contributed by atoms with Crippen molar-refractivity contribution in [2.75, 3.05) is 34.4 Å². The Labute approximate surface area is 173 Å². The summed E-state index contributed by atoms with van der Waals surface area (Å²) in [5.74, 6) is -0.0274. The highest BCUT2D eigenvalue weighted by molar-refractivity contribution is 5.92. The van der Waals surface area contributed by atoms with Crippen molar-refractivity contribution in [3.8, 4) is 11.1 Å². The van der Waals surface area contributed by atoms with Crippen LogP contribution >= 0.6 is 0 Å². The predicted molar refractivity (Wildman–Crippen MR) is 114 cm³/mol. The van der Waals surface area contributed by atoms with Crippen molar-refractivity contribution >= 4 is 11.8 Å². The number of hydrogen-bond donors (Lipinski definition) is 0. The molecule has 0 bridgehead atoms. The van der Waals surface area contributed by atoms with Gasteiger partial charge in [-0.15, -0.1) is 0 Å². The van der Waals surface area contributed by atoms with E-state index in [2.05, 4.69) is 24.3 Å². The molecule has 0 radical (unpaired) electrons. The Morgan fingerprint density at radius 3 is 2.45 bits per heavy atom. The Hall–Kier alpha value is -2.66. The van der Waals surface area contributed by atoms with Gasteiger partial charge >= 0.3 is 0 Å². The van der Waals surface area contributed by atoms with Gasteiger partial charge in [0.2, 0.25) is 11.8 Å². The first-order valence-electron chi connectivity index (χ1n) is 10.1. The van der Waals surface area contributed by atoms with Crippen molar-refractivity contribution in [1.82, 2.24) is 9.80 Å². The first kappa shape index (κ1) is 21.1. The van der Waals surface area contributed by atoms with Crippen molar-refractivity contribution in [2.24, 2.45) is 0 Å². The standard InChI is InChI=1S/C24H30N2O3/c1-25(2)23(28)24(15-9-16-26(24)22(27)14-17-29-3)18-20-12-7-8-13-21(20)19-10-5-4-6-11-19/h4-8,10-13H,9,14-18H2,1-3H3. The molecule has 29 heavy (non-hydrogen) atoms. The van der Waals surface area contributed by atoms with Gasteiger partial charge in [0.05, 0.1) is 13.0 Å². The summed E-state index contributed by atoms with van der Waals surface area (Å²) in [5, 5.41) is 0. The Balaban J connectivity index is 2.02. The van der Waals surface area contributed by atoms with Gasteiger partial charge in [-0.1, -0.05) is 54.6 Å².